The number of nitrogens with zero attached hydrogens (tertiary/aromatic N) is 1. The first kappa shape index (κ1) is 17.8. The molecule has 24 heavy (non-hydrogen) atoms. The van der Waals surface area contributed by atoms with Crippen LogP contribution >= 0.6 is 0 Å². The van der Waals surface area contributed by atoms with Crippen molar-refractivity contribution < 1.29 is 27.1 Å². The maximum absolute atomic E-state index is 12.6. The zero-order valence-corrected chi connectivity index (χ0v) is 13.2. The Hall–Kier alpha value is -2.51. The molecular formula is C16H17F3N2O3. The van der Waals surface area contributed by atoms with E-state index in [9.17, 15) is 18.0 Å². The monoisotopic (exact) mass is 342 g/mol. The molecule has 1 aromatic heterocycles. The van der Waals surface area contributed by atoms with Gasteiger partial charge in [-0.3, -0.25) is 4.79 Å². The van der Waals surface area contributed by atoms with Crippen LogP contribution in [0.5, 0.6) is 5.75 Å². The van der Waals surface area contributed by atoms with Gasteiger partial charge in [-0.25, -0.2) is 4.98 Å². The number of ether oxygens (including phenoxy) is 1. The lowest BCUT2D eigenvalue weighted by Crippen LogP contribution is -2.27. The summed E-state index contributed by atoms with van der Waals surface area (Å²) in [7, 11) is 0. The summed E-state index contributed by atoms with van der Waals surface area (Å²) >= 11 is 0. The van der Waals surface area contributed by atoms with Crippen molar-refractivity contribution in [2.75, 3.05) is 6.54 Å². The highest BCUT2D eigenvalue weighted by molar-refractivity contribution is 5.92. The number of rotatable bonds is 6. The Labute approximate surface area is 136 Å². The van der Waals surface area contributed by atoms with Crippen molar-refractivity contribution in [2.24, 2.45) is 0 Å². The lowest BCUT2D eigenvalue weighted by molar-refractivity contribution is -0.141. The molecule has 0 unspecified atom stereocenters. The third kappa shape index (κ3) is 4.74. The third-order valence-electron chi connectivity index (χ3n) is 3.04. The molecule has 1 heterocycles. The Morgan fingerprint density at radius 1 is 1.29 bits per heavy atom. The van der Waals surface area contributed by atoms with Crippen LogP contribution in [-0.4, -0.2) is 23.5 Å². The van der Waals surface area contributed by atoms with Crippen molar-refractivity contribution in [3.63, 3.8) is 0 Å². The van der Waals surface area contributed by atoms with E-state index in [0.29, 0.717) is 12.8 Å². The largest absolute Gasteiger partial charge is 0.491 e. The van der Waals surface area contributed by atoms with E-state index in [-0.39, 0.29) is 12.6 Å². The van der Waals surface area contributed by atoms with Crippen LogP contribution in [0.2, 0.25) is 0 Å². The summed E-state index contributed by atoms with van der Waals surface area (Å²) in [6.07, 6.45) is -3.60. The van der Waals surface area contributed by atoms with E-state index < -0.39 is 23.5 Å². The average molecular weight is 342 g/mol. The van der Waals surface area contributed by atoms with Gasteiger partial charge in [-0.15, -0.1) is 0 Å². The number of aromatic nitrogens is 1. The van der Waals surface area contributed by atoms with Gasteiger partial charge >= 0.3 is 6.18 Å². The number of carbonyl (C=O) groups is 1. The molecule has 5 nitrogen and oxygen atoms in total. The van der Waals surface area contributed by atoms with Crippen molar-refractivity contribution in [2.45, 2.75) is 32.5 Å². The number of nitrogens with one attached hydrogen (secondary N) is 1. The zero-order valence-electron chi connectivity index (χ0n) is 13.2. The molecule has 1 aromatic carbocycles. The molecule has 0 bridgehead atoms. The van der Waals surface area contributed by atoms with E-state index in [4.69, 9.17) is 4.74 Å². The van der Waals surface area contributed by atoms with Crippen LogP contribution in [0.1, 0.15) is 35.7 Å². The molecule has 8 heteroatoms. The summed E-state index contributed by atoms with van der Waals surface area (Å²) < 4.78 is 48.0. The molecule has 0 aliphatic rings. The summed E-state index contributed by atoms with van der Waals surface area (Å²) in [5.74, 6) is -1.04. The fraction of sp³-hybridized carbons (Fsp3) is 0.375. The summed E-state index contributed by atoms with van der Waals surface area (Å²) in [6.45, 7) is 4.01. The van der Waals surface area contributed by atoms with Crippen LogP contribution < -0.4 is 10.1 Å². The van der Waals surface area contributed by atoms with Gasteiger partial charge in [-0.1, -0.05) is 12.1 Å². The Kier molecular flexibility index (Phi) is 5.48. The summed E-state index contributed by atoms with van der Waals surface area (Å²) in [5, 5.41) is 2.39. The molecule has 2 aromatic rings. The van der Waals surface area contributed by atoms with Gasteiger partial charge in [0, 0.05) is 6.54 Å². The highest BCUT2D eigenvalue weighted by atomic mass is 19.4. The van der Waals surface area contributed by atoms with Crippen LogP contribution in [0, 0.1) is 0 Å². The van der Waals surface area contributed by atoms with E-state index >= 15 is 0 Å². The Morgan fingerprint density at radius 3 is 2.54 bits per heavy atom. The van der Waals surface area contributed by atoms with Crippen molar-refractivity contribution in [3.8, 4) is 5.75 Å². The van der Waals surface area contributed by atoms with Crippen molar-refractivity contribution in [1.82, 2.24) is 10.3 Å². The molecule has 0 saturated heterocycles. The van der Waals surface area contributed by atoms with E-state index in [1.54, 1.807) is 12.1 Å². The topological polar surface area (TPSA) is 64.4 Å². The first-order chi connectivity index (χ1) is 11.3. The third-order valence-corrected chi connectivity index (χ3v) is 3.04. The molecule has 0 fully saturated rings. The maximum atomic E-state index is 12.6. The molecule has 130 valence electrons. The fourth-order valence-electron chi connectivity index (χ4n) is 2.02. The summed E-state index contributed by atoms with van der Waals surface area (Å²) in [4.78, 5) is 14.8. The van der Waals surface area contributed by atoms with E-state index in [1.807, 2.05) is 26.0 Å². The minimum atomic E-state index is -4.73. The SMILES string of the molecule is CC(C)Oc1ccc(CCNC(=O)c2ocnc2C(F)(F)F)cc1. The normalized spacial score (nSPS) is 11.6. The Balaban J connectivity index is 1.88. The van der Waals surface area contributed by atoms with E-state index in [1.165, 1.54) is 0 Å². The van der Waals surface area contributed by atoms with Gasteiger partial charge in [0.1, 0.15) is 5.75 Å². The second-order valence-electron chi connectivity index (χ2n) is 5.34. The fourth-order valence-corrected chi connectivity index (χ4v) is 2.02. The van der Waals surface area contributed by atoms with Gasteiger partial charge in [-0.2, -0.15) is 13.2 Å². The van der Waals surface area contributed by atoms with Gasteiger partial charge in [0.25, 0.3) is 5.91 Å². The molecule has 0 atom stereocenters. The Morgan fingerprint density at radius 2 is 1.96 bits per heavy atom. The van der Waals surface area contributed by atoms with Crippen LogP contribution in [0.25, 0.3) is 0 Å². The van der Waals surface area contributed by atoms with Crippen molar-refractivity contribution in [1.29, 1.82) is 0 Å². The van der Waals surface area contributed by atoms with Crippen LogP contribution in [0.3, 0.4) is 0 Å². The molecule has 1 amide bonds. The summed E-state index contributed by atoms with van der Waals surface area (Å²) in [6, 6.07) is 7.27. The predicted octanol–water partition coefficient (Wildman–Crippen LogP) is 3.45. The minimum absolute atomic E-state index is 0.0693. The highest BCUT2D eigenvalue weighted by Gasteiger charge is 2.39. The number of alkyl halides is 3. The number of carbonyl (C=O) groups excluding carboxylic acids is 1. The molecule has 2 rings (SSSR count). The summed E-state index contributed by atoms with van der Waals surface area (Å²) in [5.41, 5.74) is -0.407. The van der Waals surface area contributed by atoms with Gasteiger partial charge in [0.2, 0.25) is 5.76 Å². The van der Waals surface area contributed by atoms with E-state index in [0.717, 1.165) is 11.3 Å². The molecule has 0 aliphatic carbocycles. The predicted molar refractivity (Wildman–Crippen MR) is 79.7 cm³/mol. The highest BCUT2D eigenvalue weighted by Crippen LogP contribution is 2.30. The number of halogens is 3. The minimum Gasteiger partial charge on any atom is -0.491 e. The first-order valence-corrected chi connectivity index (χ1v) is 7.32. The molecule has 0 saturated carbocycles. The maximum Gasteiger partial charge on any atom is 0.437 e. The van der Waals surface area contributed by atoms with Crippen LogP contribution in [0.4, 0.5) is 13.2 Å². The standard InChI is InChI=1S/C16H17F3N2O3/c1-10(2)24-12-5-3-11(4-6-12)7-8-20-15(22)13-14(16(17,18)19)21-9-23-13/h3-6,9-10H,7-8H2,1-2H3,(H,20,22). The number of amides is 1. The molecule has 1 N–H and O–H groups in total. The average Bonchev–Trinajstić information content (AvgIpc) is 2.98. The Bertz CT molecular complexity index is 679. The lowest BCUT2D eigenvalue weighted by atomic mass is 10.1. The number of hydrogen-bond donors (Lipinski definition) is 1. The molecule has 0 spiro atoms. The van der Waals surface area contributed by atoms with Gasteiger partial charge in [0.15, 0.2) is 12.1 Å². The molecule has 0 aliphatic heterocycles. The van der Waals surface area contributed by atoms with Crippen molar-refractivity contribution >= 4 is 5.91 Å². The number of hydrogen-bond acceptors (Lipinski definition) is 4. The second-order valence-corrected chi connectivity index (χ2v) is 5.34. The van der Waals surface area contributed by atoms with Gasteiger partial charge < -0.3 is 14.5 Å². The van der Waals surface area contributed by atoms with Gasteiger partial charge in [0.05, 0.1) is 6.10 Å². The van der Waals surface area contributed by atoms with Crippen LogP contribution in [-0.2, 0) is 12.6 Å². The number of benzene rings is 1. The van der Waals surface area contributed by atoms with Gasteiger partial charge in [-0.05, 0) is 38.0 Å². The second kappa shape index (κ2) is 7.37. The molecule has 0 radical (unpaired) electrons. The lowest BCUT2D eigenvalue weighted by Gasteiger charge is -2.10. The van der Waals surface area contributed by atoms with Crippen molar-refractivity contribution in [3.05, 3.63) is 47.7 Å². The molecular weight excluding hydrogens is 325 g/mol. The first-order valence-electron chi connectivity index (χ1n) is 7.32. The number of oxazole rings is 1. The van der Waals surface area contributed by atoms with Crippen LogP contribution in [0.15, 0.2) is 35.1 Å². The quantitative estimate of drug-likeness (QED) is 0.873. The zero-order chi connectivity index (χ0) is 17.7. The van der Waals surface area contributed by atoms with E-state index in [2.05, 4.69) is 14.7 Å². The smallest absolute Gasteiger partial charge is 0.437 e.